The molecule has 0 saturated heterocycles. The lowest BCUT2D eigenvalue weighted by Gasteiger charge is -2.18. The number of quaternary nitrogens is 1. The maximum atomic E-state index is 5.85. The van der Waals surface area contributed by atoms with Crippen LogP contribution in [0.2, 0.25) is 0 Å². The molecule has 0 spiro atoms. The van der Waals surface area contributed by atoms with Gasteiger partial charge in [0.1, 0.15) is 6.04 Å². The maximum absolute atomic E-state index is 5.85. The summed E-state index contributed by atoms with van der Waals surface area (Å²) >= 11 is 12.5. The number of nitrogens with two attached hydrogens (primary N) is 1. The van der Waals surface area contributed by atoms with E-state index in [1.54, 1.807) is 11.3 Å². The van der Waals surface area contributed by atoms with Gasteiger partial charge in [0.25, 0.3) is 0 Å². The van der Waals surface area contributed by atoms with Crippen molar-refractivity contribution in [3.8, 4) is 0 Å². The first-order chi connectivity index (χ1) is 6.79. The molecule has 14 heavy (non-hydrogen) atoms. The Kier molecular flexibility index (Phi) is 3.38. The van der Waals surface area contributed by atoms with Crippen LogP contribution in [0.4, 0.5) is 0 Å². The number of hydrogen-bond acceptors (Lipinski definition) is 2. The van der Waals surface area contributed by atoms with Crippen molar-refractivity contribution in [3.05, 3.63) is 21.1 Å². The number of H-pyrrole nitrogens is 1. The van der Waals surface area contributed by atoms with Crippen LogP contribution in [-0.4, -0.2) is 23.5 Å². The first-order valence-electron chi connectivity index (χ1n) is 4.56. The lowest BCUT2D eigenvalue weighted by atomic mass is 10.0. The minimum absolute atomic E-state index is 0.513. The molecule has 3 N–H and O–H groups in total. The predicted molar refractivity (Wildman–Crippen MR) is 63.4 cm³/mol. The van der Waals surface area contributed by atoms with Crippen LogP contribution >= 0.6 is 35.2 Å². The van der Waals surface area contributed by atoms with E-state index in [0.29, 0.717) is 11.9 Å². The molecular weight excluding hydrogens is 236 g/mol. The number of rotatable bonds is 2. The molecular formula is C9H12ClN2S2+. The van der Waals surface area contributed by atoms with Crippen molar-refractivity contribution >= 4 is 40.7 Å². The quantitative estimate of drug-likeness (QED) is 0.606. The van der Waals surface area contributed by atoms with E-state index in [1.165, 1.54) is 11.3 Å². The van der Waals surface area contributed by atoms with Crippen molar-refractivity contribution in [1.82, 2.24) is 4.98 Å². The Morgan fingerprint density at radius 1 is 1.71 bits per heavy atom. The fourth-order valence-corrected chi connectivity index (χ4v) is 2.72. The van der Waals surface area contributed by atoms with Crippen LogP contribution < -0.4 is 5.32 Å². The normalized spacial score (nSPS) is 22.1. The van der Waals surface area contributed by atoms with Gasteiger partial charge < -0.3 is 10.3 Å². The minimum atomic E-state index is 0.513. The minimum Gasteiger partial charge on any atom is -0.339 e. The molecule has 1 atom stereocenters. The molecule has 0 saturated carbocycles. The number of alkyl halides is 1. The van der Waals surface area contributed by atoms with Gasteiger partial charge in [-0.15, -0.1) is 22.9 Å². The van der Waals surface area contributed by atoms with Gasteiger partial charge in [0.2, 0.25) is 0 Å². The Labute approximate surface area is 97.0 Å². The third-order valence-electron chi connectivity index (χ3n) is 2.38. The SMILES string of the molecule is S=c1[nH]c(C2=CC[NH2+]C(CCl)C2)cs1. The van der Waals surface area contributed by atoms with Crippen molar-refractivity contribution < 1.29 is 5.32 Å². The Balaban J connectivity index is 2.19. The number of thiazole rings is 1. The largest absolute Gasteiger partial charge is 0.339 e. The molecule has 1 unspecified atom stereocenters. The molecule has 1 aliphatic rings. The average Bonchev–Trinajstić information content (AvgIpc) is 2.65. The Morgan fingerprint density at radius 2 is 2.57 bits per heavy atom. The number of aromatic amines is 1. The molecule has 2 rings (SSSR count). The highest BCUT2D eigenvalue weighted by Crippen LogP contribution is 2.21. The molecule has 76 valence electrons. The highest BCUT2D eigenvalue weighted by atomic mass is 35.5. The predicted octanol–water partition coefficient (Wildman–Crippen LogP) is 1.76. The molecule has 0 radical (unpaired) electrons. The zero-order valence-corrected chi connectivity index (χ0v) is 10.0. The summed E-state index contributed by atoms with van der Waals surface area (Å²) in [7, 11) is 0. The van der Waals surface area contributed by atoms with Gasteiger partial charge in [-0.25, -0.2) is 0 Å². The first-order valence-corrected chi connectivity index (χ1v) is 6.38. The molecule has 0 aromatic carbocycles. The van der Waals surface area contributed by atoms with E-state index < -0.39 is 0 Å². The second-order valence-electron chi connectivity index (χ2n) is 3.38. The van der Waals surface area contributed by atoms with Gasteiger partial charge in [0.15, 0.2) is 3.95 Å². The van der Waals surface area contributed by atoms with Gasteiger partial charge in [-0.1, -0.05) is 0 Å². The Bertz CT molecular complexity index is 394. The lowest BCUT2D eigenvalue weighted by molar-refractivity contribution is -0.678. The van der Waals surface area contributed by atoms with E-state index in [2.05, 4.69) is 21.8 Å². The van der Waals surface area contributed by atoms with E-state index in [9.17, 15) is 0 Å². The zero-order chi connectivity index (χ0) is 9.97. The van der Waals surface area contributed by atoms with E-state index >= 15 is 0 Å². The van der Waals surface area contributed by atoms with Gasteiger partial charge >= 0.3 is 0 Å². The summed E-state index contributed by atoms with van der Waals surface area (Å²) in [5.74, 6) is 0.711. The summed E-state index contributed by atoms with van der Waals surface area (Å²) in [6, 6.07) is 0.513. The van der Waals surface area contributed by atoms with E-state index in [0.717, 1.165) is 16.9 Å². The summed E-state index contributed by atoms with van der Waals surface area (Å²) in [5, 5.41) is 4.36. The molecule has 2 nitrogen and oxygen atoms in total. The van der Waals surface area contributed by atoms with Gasteiger partial charge in [0, 0.05) is 11.8 Å². The summed E-state index contributed by atoms with van der Waals surface area (Å²) in [6.45, 7) is 1.02. The first kappa shape index (κ1) is 10.4. The van der Waals surface area contributed by atoms with Crippen LogP contribution in [0.25, 0.3) is 5.57 Å². The Hall–Kier alpha value is -0.160. The monoisotopic (exact) mass is 247 g/mol. The molecule has 0 aliphatic carbocycles. The number of halogens is 1. The Morgan fingerprint density at radius 3 is 3.21 bits per heavy atom. The topological polar surface area (TPSA) is 32.4 Å². The van der Waals surface area contributed by atoms with E-state index in [4.69, 9.17) is 23.8 Å². The fourth-order valence-electron chi connectivity index (χ4n) is 1.63. The molecule has 1 aromatic heterocycles. The summed E-state index contributed by atoms with van der Waals surface area (Å²) in [4.78, 5) is 3.20. The van der Waals surface area contributed by atoms with Gasteiger partial charge in [0.05, 0.1) is 18.1 Å². The molecule has 1 aromatic rings. The van der Waals surface area contributed by atoms with Gasteiger partial charge in [-0.3, -0.25) is 0 Å². The smallest absolute Gasteiger partial charge is 0.158 e. The highest BCUT2D eigenvalue weighted by Gasteiger charge is 2.18. The van der Waals surface area contributed by atoms with Crippen LogP contribution in [0.15, 0.2) is 11.5 Å². The summed E-state index contributed by atoms with van der Waals surface area (Å²) in [6.07, 6.45) is 3.28. The van der Waals surface area contributed by atoms with Crippen LogP contribution in [0.3, 0.4) is 0 Å². The van der Waals surface area contributed by atoms with Gasteiger partial charge in [-0.2, -0.15) is 0 Å². The highest BCUT2D eigenvalue weighted by molar-refractivity contribution is 7.73. The second-order valence-corrected chi connectivity index (χ2v) is 5.24. The van der Waals surface area contributed by atoms with Crippen molar-refractivity contribution in [2.45, 2.75) is 12.5 Å². The number of aromatic nitrogens is 1. The summed E-state index contributed by atoms with van der Waals surface area (Å²) in [5.41, 5.74) is 2.52. The van der Waals surface area contributed by atoms with Crippen LogP contribution in [0.1, 0.15) is 12.1 Å². The third-order valence-corrected chi connectivity index (χ3v) is 3.84. The molecule has 2 heterocycles. The molecule has 0 amide bonds. The van der Waals surface area contributed by atoms with Crippen molar-refractivity contribution in [2.24, 2.45) is 0 Å². The average molecular weight is 248 g/mol. The third kappa shape index (κ3) is 2.25. The molecule has 1 aliphatic heterocycles. The lowest BCUT2D eigenvalue weighted by Crippen LogP contribution is -2.91. The molecule has 0 fully saturated rings. The molecule has 5 heteroatoms. The van der Waals surface area contributed by atoms with E-state index in [1.807, 2.05) is 0 Å². The van der Waals surface area contributed by atoms with Crippen LogP contribution in [0, 0.1) is 3.95 Å². The van der Waals surface area contributed by atoms with E-state index in [-0.39, 0.29) is 0 Å². The second kappa shape index (κ2) is 4.57. The zero-order valence-electron chi connectivity index (χ0n) is 7.63. The van der Waals surface area contributed by atoms with Crippen LogP contribution in [-0.2, 0) is 0 Å². The van der Waals surface area contributed by atoms with Crippen molar-refractivity contribution in [2.75, 3.05) is 12.4 Å². The standard InChI is InChI=1S/C9H11ClN2S2/c10-4-7-3-6(1-2-11-7)8-5-14-9(13)12-8/h1,5,7,11H,2-4H2,(H,12,13)/p+1. The maximum Gasteiger partial charge on any atom is 0.158 e. The summed E-state index contributed by atoms with van der Waals surface area (Å²) < 4.78 is 0.845. The number of hydrogen-bond donors (Lipinski definition) is 2. The fraction of sp³-hybridized carbons (Fsp3) is 0.444. The van der Waals surface area contributed by atoms with Crippen molar-refractivity contribution in [3.63, 3.8) is 0 Å². The van der Waals surface area contributed by atoms with Gasteiger partial charge in [-0.05, 0) is 23.9 Å². The molecule has 0 bridgehead atoms. The number of nitrogens with one attached hydrogen (secondary N) is 1. The van der Waals surface area contributed by atoms with Crippen molar-refractivity contribution in [1.29, 1.82) is 0 Å². The van der Waals surface area contributed by atoms with Crippen LogP contribution in [0.5, 0.6) is 0 Å².